The van der Waals surface area contributed by atoms with Gasteiger partial charge < -0.3 is 4.90 Å². The van der Waals surface area contributed by atoms with Crippen molar-refractivity contribution in [2.45, 2.75) is 31.3 Å². The quantitative estimate of drug-likeness (QED) is 0.611. The fraction of sp³-hybridized carbons (Fsp3) is 0.615. The Labute approximate surface area is 126 Å². The van der Waals surface area contributed by atoms with Gasteiger partial charge in [-0.25, -0.2) is 4.98 Å². The second-order valence-electron chi connectivity index (χ2n) is 5.54. The average Bonchev–Trinajstić information content (AvgIpc) is 2.64. The van der Waals surface area contributed by atoms with Crippen LogP contribution in [-0.2, 0) is 0 Å². The Balaban J connectivity index is 1.91. The maximum absolute atomic E-state index is 11.2. The summed E-state index contributed by atoms with van der Waals surface area (Å²) in [5.74, 6) is 0.499. The van der Waals surface area contributed by atoms with Gasteiger partial charge in [-0.3, -0.25) is 15.0 Å². The number of anilines is 1. The minimum atomic E-state index is -0.347. The molecular formula is C13H17BrN4O2. The van der Waals surface area contributed by atoms with Crippen molar-refractivity contribution in [2.75, 3.05) is 25.0 Å². The molecule has 2 atom stereocenters. The van der Waals surface area contributed by atoms with Crippen LogP contribution < -0.4 is 4.90 Å². The minimum absolute atomic E-state index is 0.0831. The van der Waals surface area contributed by atoms with E-state index in [0.29, 0.717) is 22.4 Å². The fourth-order valence-corrected chi connectivity index (χ4v) is 3.62. The lowest BCUT2D eigenvalue weighted by atomic mass is 10.1. The molecule has 0 aliphatic carbocycles. The van der Waals surface area contributed by atoms with Crippen molar-refractivity contribution in [3.8, 4) is 0 Å². The predicted octanol–water partition coefficient (Wildman–Crippen LogP) is 2.43. The standard InChI is InChI=1S/C13H17BrN4O2/c1-16-10-2-3-11(16)8-17(5-4-10)13-12(18(19)20)6-9(14)7-15-13/h6-7,10-11H,2-5,8H2,1H3. The van der Waals surface area contributed by atoms with Crippen molar-refractivity contribution in [2.24, 2.45) is 0 Å². The van der Waals surface area contributed by atoms with Gasteiger partial charge in [0.2, 0.25) is 5.82 Å². The SMILES string of the molecule is CN1C2CCC1CN(c1ncc(Br)cc1[N+](=O)[O-])CC2. The van der Waals surface area contributed by atoms with Crippen molar-refractivity contribution < 1.29 is 4.92 Å². The van der Waals surface area contributed by atoms with Crippen LogP contribution >= 0.6 is 15.9 Å². The van der Waals surface area contributed by atoms with Crippen LogP contribution in [0.5, 0.6) is 0 Å². The van der Waals surface area contributed by atoms with E-state index in [1.807, 2.05) is 0 Å². The first-order valence-corrected chi connectivity index (χ1v) is 7.62. The predicted molar refractivity (Wildman–Crippen MR) is 80.0 cm³/mol. The van der Waals surface area contributed by atoms with Crippen molar-refractivity contribution in [1.29, 1.82) is 0 Å². The summed E-state index contributed by atoms with van der Waals surface area (Å²) >= 11 is 3.25. The Bertz CT molecular complexity index is 539. The van der Waals surface area contributed by atoms with Gasteiger partial charge in [0.25, 0.3) is 0 Å². The number of nitro groups is 1. The Morgan fingerprint density at radius 2 is 2.15 bits per heavy atom. The van der Waals surface area contributed by atoms with E-state index in [1.54, 1.807) is 6.20 Å². The summed E-state index contributed by atoms with van der Waals surface area (Å²) in [5, 5.41) is 11.2. The maximum atomic E-state index is 11.2. The number of aromatic nitrogens is 1. The average molecular weight is 341 g/mol. The van der Waals surface area contributed by atoms with Crippen molar-refractivity contribution in [1.82, 2.24) is 9.88 Å². The van der Waals surface area contributed by atoms with E-state index in [4.69, 9.17) is 0 Å². The summed E-state index contributed by atoms with van der Waals surface area (Å²) < 4.78 is 0.640. The van der Waals surface area contributed by atoms with E-state index in [2.05, 4.69) is 37.8 Å². The number of halogens is 1. The third-order valence-corrected chi connectivity index (χ3v) is 4.89. The number of hydrogen-bond acceptors (Lipinski definition) is 5. The zero-order valence-electron chi connectivity index (χ0n) is 11.3. The van der Waals surface area contributed by atoms with Gasteiger partial charge in [0.05, 0.1) is 4.92 Å². The molecule has 3 heterocycles. The van der Waals surface area contributed by atoms with Crippen LogP contribution in [-0.4, -0.2) is 47.0 Å². The van der Waals surface area contributed by atoms with E-state index in [1.165, 1.54) is 18.9 Å². The Kier molecular flexibility index (Phi) is 3.64. The van der Waals surface area contributed by atoms with E-state index >= 15 is 0 Å². The second kappa shape index (κ2) is 5.29. The lowest BCUT2D eigenvalue weighted by molar-refractivity contribution is -0.384. The fourth-order valence-electron chi connectivity index (χ4n) is 3.30. The Morgan fingerprint density at radius 3 is 2.90 bits per heavy atom. The van der Waals surface area contributed by atoms with Gasteiger partial charge in [0, 0.05) is 41.9 Å². The van der Waals surface area contributed by atoms with Gasteiger partial charge in [-0.2, -0.15) is 0 Å². The second-order valence-corrected chi connectivity index (χ2v) is 6.45. The highest BCUT2D eigenvalue weighted by molar-refractivity contribution is 9.10. The molecule has 2 bridgehead atoms. The van der Waals surface area contributed by atoms with E-state index in [-0.39, 0.29) is 10.6 Å². The number of nitrogens with zero attached hydrogens (tertiary/aromatic N) is 4. The molecule has 2 unspecified atom stereocenters. The highest BCUT2D eigenvalue weighted by Crippen LogP contribution is 2.34. The molecular weight excluding hydrogens is 324 g/mol. The topological polar surface area (TPSA) is 62.5 Å². The summed E-state index contributed by atoms with van der Waals surface area (Å²) in [6, 6.07) is 2.63. The largest absolute Gasteiger partial charge is 0.349 e. The molecule has 2 aliphatic rings. The molecule has 2 saturated heterocycles. The molecule has 0 amide bonds. The highest BCUT2D eigenvalue weighted by atomic mass is 79.9. The van der Waals surface area contributed by atoms with Crippen LogP contribution in [0.1, 0.15) is 19.3 Å². The Morgan fingerprint density at radius 1 is 1.40 bits per heavy atom. The zero-order chi connectivity index (χ0) is 14.3. The van der Waals surface area contributed by atoms with E-state index < -0.39 is 0 Å². The summed E-state index contributed by atoms with van der Waals surface area (Å²) in [6.07, 6.45) is 5.09. The number of fused-ring (bicyclic) bond motifs is 2. The lowest BCUT2D eigenvalue weighted by Gasteiger charge is -2.26. The van der Waals surface area contributed by atoms with Gasteiger partial charge in [-0.1, -0.05) is 0 Å². The third kappa shape index (κ3) is 2.40. The first-order chi connectivity index (χ1) is 9.56. The molecule has 20 heavy (non-hydrogen) atoms. The zero-order valence-corrected chi connectivity index (χ0v) is 12.9. The van der Waals surface area contributed by atoms with Gasteiger partial charge >= 0.3 is 5.69 Å². The molecule has 2 aliphatic heterocycles. The summed E-state index contributed by atoms with van der Waals surface area (Å²) in [6.45, 7) is 1.66. The Hall–Kier alpha value is -1.21. The molecule has 0 spiro atoms. The number of pyridine rings is 1. The van der Waals surface area contributed by atoms with Gasteiger partial charge in [0.1, 0.15) is 0 Å². The number of rotatable bonds is 2. The first-order valence-electron chi connectivity index (χ1n) is 6.83. The van der Waals surface area contributed by atoms with Crippen LogP contribution in [0.2, 0.25) is 0 Å². The molecule has 0 N–H and O–H groups in total. The molecule has 0 radical (unpaired) electrons. The molecule has 6 nitrogen and oxygen atoms in total. The summed E-state index contributed by atoms with van der Waals surface area (Å²) in [7, 11) is 2.16. The number of hydrogen-bond donors (Lipinski definition) is 0. The molecule has 1 aromatic heterocycles. The minimum Gasteiger partial charge on any atom is -0.349 e. The van der Waals surface area contributed by atoms with Crippen LogP contribution in [0.25, 0.3) is 0 Å². The monoisotopic (exact) mass is 340 g/mol. The third-order valence-electron chi connectivity index (χ3n) is 4.46. The van der Waals surface area contributed by atoms with Gasteiger partial charge in [-0.15, -0.1) is 0 Å². The van der Waals surface area contributed by atoms with Crippen LogP contribution in [0, 0.1) is 10.1 Å². The van der Waals surface area contributed by atoms with E-state index in [9.17, 15) is 10.1 Å². The summed E-state index contributed by atoms with van der Waals surface area (Å²) in [5.41, 5.74) is 0.0831. The first kappa shape index (κ1) is 13.8. The molecule has 2 fully saturated rings. The molecule has 0 saturated carbocycles. The molecule has 7 heteroatoms. The smallest absolute Gasteiger partial charge is 0.312 e. The van der Waals surface area contributed by atoms with Crippen molar-refractivity contribution >= 4 is 27.4 Å². The van der Waals surface area contributed by atoms with Crippen LogP contribution in [0.4, 0.5) is 11.5 Å². The molecule has 1 aromatic rings. The normalized spacial score (nSPS) is 26.6. The maximum Gasteiger partial charge on any atom is 0.312 e. The van der Waals surface area contributed by atoms with Crippen molar-refractivity contribution in [3.63, 3.8) is 0 Å². The number of likely N-dealkylation sites (N-methyl/N-ethyl adjacent to an activating group) is 1. The lowest BCUT2D eigenvalue weighted by Crippen LogP contribution is -2.37. The molecule has 3 rings (SSSR count). The van der Waals surface area contributed by atoms with Crippen LogP contribution in [0.15, 0.2) is 16.7 Å². The summed E-state index contributed by atoms with van der Waals surface area (Å²) in [4.78, 5) is 19.7. The highest BCUT2D eigenvalue weighted by Gasteiger charge is 2.36. The van der Waals surface area contributed by atoms with E-state index in [0.717, 1.165) is 19.5 Å². The molecule has 108 valence electrons. The van der Waals surface area contributed by atoms with Gasteiger partial charge in [-0.05, 0) is 42.2 Å². The van der Waals surface area contributed by atoms with Gasteiger partial charge in [0.15, 0.2) is 0 Å². The van der Waals surface area contributed by atoms with Crippen molar-refractivity contribution in [3.05, 3.63) is 26.9 Å². The molecule has 0 aromatic carbocycles. The van der Waals surface area contributed by atoms with Crippen LogP contribution in [0.3, 0.4) is 0 Å².